The van der Waals surface area contributed by atoms with Gasteiger partial charge in [-0.3, -0.25) is 24.1 Å². The molecule has 2 aliphatic heterocycles. The zero-order valence-electron chi connectivity index (χ0n) is 29.5. The van der Waals surface area contributed by atoms with Crippen LogP contribution in [0.25, 0.3) is 22.2 Å². The number of H-pyrrole nitrogens is 1. The maximum absolute atomic E-state index is 14.0. The first kappa shape index (κ1) is 37.5. The number of aromatic amines is 1. The van der Waals surface area contributed by atoms with Crippen LogP contribution in [0.3, 0.4) is 0 Å². The van der Waals surface area contributed by atoms with Gasteiger partial charge in [0.25, 0.3) is 0 Å². The molecular formula is C42H52N4O5. The van der Waals surface area contributed by atoms with Crippen molar-refractivity contribution in [2.24, 2.45) is 0 Å². The van der Waals surface area contributed by atoms with Gasteiger partial charge < -0.3 is 19.9 Å². The van der Waals surface area contributed by atoms with Gasteiger partial charge in [0, 0.05) is 35.2 Å². The third-order valence-electron chi connectivity index (χ3n) is 9.80. The second kappa shape index (κ2) is 16.1. The lowest BCUT2D eigenvalue weighted by molar-refractivity contribution is -0.157. The summed E-state index contributed by atoms with van der Waals surface area (Å²) in [5.74, 6) is -1.33. The van der Waals surface area contributed by atoms with E-state index < -0.39 is 23.5 Å². The van der Waals surface area contributed by atoms with Crippen LogP contribution in [0.1, 0.15) is 84.3 Å². The van der Waals surface area contributed by atoms with E-state index in [-0.39, 0.29) is 43.9 Å². The Morgan fingerprint density at radius 3 is 2.31 bits per heavy atom. The molecule has 0 saturated carbocycles. The summed E-state index contributed by atoms with van der Waals surface area (Å²) in [6, 6.07) is 24.6. The molecule has 3 aromatic carbocycles. The van der Waals surface area contributed by atoms with E-state index in [2.05, 4.69) is 28.2 Å². The van der Waals surface area contributed by atoms with Crippen molar-refractivity contribution in [2.75, 3.05) is 25.0 Å². The molecule has 0 bridgehead atoms. The minimum atomic E-state index is -0.724. The zero-order chi connectivity index (χ0) is 35.4. The van der Waals surface area contributed by atoms with Gasteiger partial charge in [0.2, 0.25) is 11.8 Å². The molecule has 9 heteroatoms. The number of ether oxygens (including phenoxy) is 1. The lowest BCUT2D eigenvalue weighted by Gasteiger charge is -2.29. The highest BCUT2D eigenvalue weighted by Gasteiger charge is 2.38. The van der Waals surface area contributed by atoms with Crippen LogP contribution < -0.4 is 5.32 Å². The predicted molar refractivity (Wildman–Crippen MR) is 202 cm³/mol. The molecule has 3 heterocycles. The first-order valence-corrected chi connectivity index (χ1v) is 17.9. The predicted octanol–water partition coefficient (Wildman–Crippen LogP) is 7.51. The molecule has 2 N–H and O–H groups in total. The number of aromatic nitrogens is 1. The Labute approximate surface area is 301 Å². The van der Waals surface area contributed by atoms with Gasteiger partial charge in [-0.25, -0.2) is 0 Å². The van der Waals surface area contributed by atoms with E-state index in [4.69, 9.17) is 4.74 Å². The number of esters is 1. The molecule has 2 saturated heterocycles. The van der Waals surface area contributed by atoms with E-state index in [9.17, 15) is 19.2 Å². The molecule has 0 radical (unpaired) electrons. The first-order chi connectivity index (χ1) is 24.0. The van der Waals surface area contributed by atoms with Crippen molar-refractivity contribution in [1.82, 2.24) is 14.8 Å². The second-order valence-electron chi connectivity index (χ2n) is 14.5. The fourth-order valence-corrected chi connectivity index (χ4v) is 7.38. The average molecular weight is 693 g/mol. The van der Waals surface area contributed by atoms with Crippen LogP contribution >= 0.6 is 0 Å². The normalized spacial score (nSPS) is 18.3. The highest BCUT2D eigenvalue weighted by Crippen LogP contribution is 2.31. The van der Waals surface area contributed by atoms with Crippen LogP contribution in [0.4, 0.5) is 5.69 Å². The molecule has 4 aromatic rings. The van der Waals surface area contributed by atoms with E-state index in [1.54, 1.807) is 4.90 Å². The lowest BCUT2D eigenvalue weighted by Crippen LogP contribution is -2.44. The number of carbonyl (C=O) groups excluding carboxylic acids is 4. The minimum absolute atomic E-state index is 0. The lowest BCUT2D eigenvalue weighted by atomic mass is 9.93. The highest BCUT2D eigenvalue weighted by molar-refractivity contribution is 5.96. The summed E-state index contributed by atoms with van der Waals surface area (Å²) in [5, 5.41) is 4.07. The van der Waals surface area contributed by atoms with Gasteiger partial charge in [0.1, 0.15) is 5.60 Å². The number of nitrogens with one attached hydrogen (secondary N) is 2. The number of nitrogens with zero attached hydrogens (tertiary/aromatic N) is 2. The summed E-state index contributed by atoms with van der Waals surface area (Å²) < 4.78 is 5.57. The standard InChI is InChI=1S/C41H48N4O5.CH4/c1-5-44-21-9-14-36(44)39(48)42-31-18-16-29(17-19-31)34-25-30-23-27(15-20-33(30)43-34)24-37(46)35-13-10-22-45(35)40(49)32(28-11-7-6-8-12-28)26-38(47)50-41(2,3)4;/h6-8,11-12,15-20,23,25,32,35-36,43H,5,9-10,13-14,21-22,24,26H2,1-4H3,(H,42,48);1H4/t32-,35+,36+;/m1./s1. The molecule has 9 nitrogen and oxygen atoms in total. The number of Topliss-reactive ketones (excluding diaryl/α,β-unsaturated/α-hetero) is 1. The topological polar surface area (TPSA) is 112 Å². The third-order valence-corrected chi connectivity index (χ3v) is 9.80. The number of fused-ring (bicyclic) bond motifs is 1. The van der Waals surface area contributed by atoms with Crippen molar-refractivity contribution in [1.29, 1.82) is 0 Å². The van der Waals surface area contributed by atoms with E-state index in [0.29, 0.717) is 13.0 Å². The molecule has 270 valence electrons. The third kappa shape index (κ3) is 8.95. The highest BCUT2D eigenvalue weighted by atomic mass is 16.6. The van der Waals surface area contributed by atoms with Crippen LogP contribution in [0.15, 0.2) is 78.9 Å². The Bertz CT molecular complexity index is 1840. The van der Waals surface area contributed by atoms with Crippen molar-refractivity contribution in [2.45, 2.75) is 97.2 Å². The molecule has 3 atom stereocenters. The smallest absolute Gasteiger partial charge is 0.307 e. The molecule has 1 aromatic heterocycles. The molecular weight excluding hydrogens is 640 g/mol. The van der Waals surface area contributed by atoms with E-state index >= 15 is 0 Å². The number of ketones is 1. The van der Waals surface area contributed by atoms with E-state index in [0.717, 1.165) is 71.3 Å². The van der Waals surface area contributed by atoms with Gasteiger partial charge >= 0.3 is 5.97 Å². The van der Waals surface area contributed by atoms with Crippen molar-refractivity contribution in [3.8, 4) is 11.3 Å². The molecule has 6 rings (SSSR count). The fourth-order valence-electron chi connectivity index (χ4n) is 7.38. The maximum Gasteiger partial charge on any atom is 0.307 e. The monoisotopic (exact) mass is 692 g/mol. The summed E-state index contributed by atoms with van der Waals surface area (Å²) in [6.07, 6.45) is 3.39. The summed E-state index contributed by atoms with van der Waals surface area (Å²) in [5.41, 5.74) is 4.63. The number of carbonyl (C=O) groups is 4. The number of likely N-dealkylation sites (tertiary alicyclic amines) is 2. The van der Waals surface area contributed by atoms with Crippen molar-refractivity contribution in [3.05, 3.63) is 90.0 Å². The van der Waals surface area contributed by atoms with E-state index in [1.807, 2.05) is 93.6 Å². The van der Waals surface area contributed by atoms with Crippen LogP contribution in [0.2, 0.25) is 0 Å². The molecule has 0 unspecified atom stereocenters. The quantitative estimate of drug-likeness (QED) is 0.157. The number of benzene rings is 3. The summed E-state index contributed by atoms with van der Waals surface area (Å²) in [7, 11) is 0. The van der Waals surface area contributed by atoms with Gasteiger partial charge in [-0.15, -0.1) is 0 Å². The van der Waals surface area contributed by atoms with Gasteiger partial charge in [0.05, 0.1) is 24.4 Å². The molecule has 2 aliphatic rings. The molecule has 0 spiro atoms. The second-order valence-corrected chi connectivity index (χ2v) is 14.5. The van der Waals surface area contributed by atoms with Crippen LogP contribution in [-0.4, -0.2) is 75.7 Å². The van der Waals surface area contributed by atoms with Crippen LogP contribution in [0, 0.1) is 0 Å². The van der Waals surface area contributed by atoms with Gasteiger partial charge in [-0.05, 0) is 107 Å². The van der Waals surface area contributed by atoms with Crippen molar-refractivity contribution in [3.63, 3.8) is 0 Å². The number of rotatable bonds is 11. The molecule has 0 aliphatic carbocycles. The number of anilines is 1. The Hall–Kier alpha value is -4.76. The largest absolute Gasteiger partial charge is 0.460 e. The summed E-state index contributed by atoms with van der Waals surface area (Å²) in [6.45, 7) is 9.83. The average Bonchev–Trinajstić information content (AvgIpc) is 3.86. The first-order valence-electron chi connectivity index (χ1n) is 17.9. The van der Waals surface area contributed by atoms with Gasteiger partial charge in [-0.1, -0.05) is 62.9 Å². The fraction of sp³-hybridized carbons (Fsp3) is 0.429. The Kier molecular flexibility index (Phi) is 11.8. The molecule has 2 fully saturated rings. The summed E-state index contributed by atoms with van der Waals surface area (Å²) >= 11 is 0. The SMILES string of the molecule is C.CCN1CCC[C@H]1C(=O)Nc1ccc(-c2cc3cc(CC(=O)[C@@H]4CCCN4C(=O)[C@H](CC(=O)OC(C)(C)C)c4ccccc4)ccc3[nH]2)cc1. The maximum atomic E-state index is 14.0. The van der Waals surface area contributed by atoms with Crippen molar-refractivity contribution >= 4 is 40.2 Å². The number of likely N-dealkylation sites (N-methyl/N-ethyl adjacent to an activating group) is 1. The van der Waals surface area contributed by atoms with Gasteiger partial charge in [-0.2, -0.15) is 0 Å². The Morgan fingerprint density at radius 1 is 0.902 bits per heavy atom. The number of amides is 2. The zero-order valence-corrected chi connectivity index (χ0v) is 29.5. The molecule has 2 amide bonds. The number of hydrogen-bond acceptors (Lipinski definition) is 6. The summed E-state index contributed by atoms with van der Waals surface area (Å²) in [4.78, 5) is 60.9. The van der Waals surface area contributed by atoms with Gasteiger partial charge in [0.15, 0.2) is 5.78 Å². The van der Waals surface area contributed by atoms with Crippen LogP contribution in [0.5, 0.6) is 0 Å². The minimum Gasteiger partial charge on any atom is -0.460 e. The Morgan fingerprint density at radius 2 is 1.61 bits per heavy atom. The van der Waals surface area contributed by atoms with Crippen LogP contribution in [-0.2, 0) is 30.3 Å². The Balaban J connectivity index is 0.00000504. The van der Waals surface area contributed by atoms with E-state index in [1.165, 1.54) is 0 Å². The molecule has 51 heavy (non-hydrogen) atoms. The van der Waals surface area contributed by atoms with Crippen molar-refractivity contribution < 1.29 is 23.9 Å². The number of hydrogen-bond donors (Lipinski definition) is 2.